The summed E-state index contributed by atoms with van der Waals surface area (Å²) < 4.78 is 2.66. The topological polar surface area (TPSA) is 85.6 Å². The maximum absolute atomic E-state index is 13.2. The van der Waals surface area contributed by atoms with E-state index < -0.39 is 0 Å². The molecular formula is C26H27BrN6OS. The molecular weight excluding hydrogens is 524 g/mol. The highest BCUT2D eigenvalue weighted by molar-refractivity contribution is 9.10. The summed E-state index contributed by atoms with van der Waals surface area (Å²) in [4.78, 5) is 22.3. The maximum Gasteiger partial charge on any atom is 0.278 e. The van der Waals surface area contributed by atoms with Crippen LogP contribution in [0.1, 0.15) is 52.9 Å². The van der Waals surface area contributed by atoms with Crippen LogP contribution in [0.2, 0.25) is 0 Å². The normalized spacial score (nSPS) is 11.0. The highest BCUT2D eigenvalue weighted by Crippen LogP contribution is 2.25. The Morgan fingerprint density at radius 2 is 1.71 bits per heavy atom. The number of unbranched alkanes of at least 4 members (excludes halogenated alkanes) is 1. The second-order valence-electron chi connectivity index (χ2n) is 8.25. The standard InChI is InChI=1S/C26H27BrN6OS/c1-4-5-6-19-7-11-21(12-8-19)30-25(34)24-23(16-35-26-28-17(2)15-18(3)29-26)33(32-31-24)22-13-9-20(27)10-14-22/h7-15H,4-6,16H2,1-3H3,(H,30,34). The molecule has 0 bridgehead atoms. The molecule has 0 fully saturated rings. The number of nitrogens with zero attached hydrogens (tertiary/aromatic N) is 5. The van der Waals surface area contributed by atoms with Gasteiger partial charge < -0.3 is 5.32 Å². The number of hydrogen-bond donors (Lipinski definition) is 1. The highest BCUT2D eigenvalue weighted by atomic mass is 79.9. The van der Waals surface area contributed by atoms with E-state index in [0.29, 0.717) is 16.6 Å². The summed E-state index contributed by atoms with van der Waals surface area (Å²) in [5, 5.41) is 12.2. The Morgan fingerprint density at radius 1 is 1.03 bits per heavy atom. The van der Waals surface area contributed by atoms with E-state index in [0.717, 1.165) is 46.5 Å². The first-order valence-corrected chi connectivity index (χ1v) is 13.3. The van der Waals surface area contributed by atoms with Crippen LogP contribution in [0.15, 0.2) is 64.2 Å². The van der Waals surface area contributed by atoms with Crippen LogP contribution in [0.25, 0.3) is 5.69 Å². The molecule has 1 N–H and O–H groups in total. The van der Waals surface area contributed by atoms with Crippen LogP contribution in [0, 0.1) is 13.8 Å². The lowest BCUT2D eigenvalue weighted by Crippen LogP contribution is -2.15. The third-order valence-electron chi connectivity index (χ3n) is 5.38. The van der Waals surface area contributed by atoms with Gasteiger partial charge in [-0.25, -0.2) is 14.6 Å². The minimum Gasteiger partial charge on any atom is -0.321 e. The third kappa shape index (κ3) is 6.55. The van der Waals surface area contributed by atoms with E-state index in [1.165, 1.54) is 17.3 Å². The number of amides is 1. The van der Waals surface area contributed by atoms with E-state index >= 15 is 0 Å². The van der Waals surface area contributed by atoms with Gasteiger partial charge in [-0.05, 0) is 74.7 Å². The number of halogens is 1. The van der Waals surface area contributed by atoms with Crippen LogP contribution in [0.4, 0.5) is 5.69 Å². The van der Waals surface area contributed by atoms with Gasteiger partial charge in [-0.3, -0.25) is 4.79 Å². The summed E-state index contributed by atoms with van der Waals surface area (Å²) in [5.41, 5.74) is 5.56. The van der Waals surface area contributed by atoms with E-state index in [-0.39, 0.29) is 11.6 Å². The molecule has 0 aliphatic heterocycles. The van der Waals surface area contributed by atoms with Crippen molar-refractivity contribution in [2.24, 2.45) is 0 Å². The number of anilines is 1. The first-order chi connectivity index (χ1) is 16.9. The Bertz CT molecular complexity index is 1280. The number of hydrogen-bond acceptors (Lipinski definition) is 6. The maximum atomic E-state index is 13.2. The number of aromatic nitrogens is 5. The summed E-state index contributed by atoms with van der Waals surface area (Å²) in [5.74, 6) is 0.136. The molecule has 35 heavy (non-hydrogen) atoms. The van der Waals surface area contributed by atoms with Gasteiger partial charge in [0.2, 0.25) is 0 Å². The summed E-state index contributed by atoms with van der Waals surface area (Å²) >= 11 is 4.92. The Hall–Kier alpha value is -3.04. The third-order valence-corrected chi connectivity index (χ3v) is 6.77. The first-order valence-electron chi connectivity index (χ1n) is 11.5. The van der Waals surface area contributed by atoms with E-state index in [1.807, 2.05) is 56.3 Å². The average Bonchev–Trinajstić information content (AvgIpc) is 3.26. The highest BCUT2D eigenvalue weighted by Gasteiger charge is 2.22. The van der Waals surface area contributed by atoms with Gasteiger partial charge in [0.1, 0.15) is 0 Å². The SMILES string of the molecule is CCCCc1ccc(NC(=O)c2nnn(-c3ccc(Br)cc3)c2CSc2nc(C)cc(C)n2)cc1. The number of thioether (sulfide) groups is 1. The fourth-order valence-corrected chi connectivity index (χ4v) is 4.82. The predicted molar refractivity (Wildman–Crippen MR) is 143 cm³/mol. The molecule has 0 saturated heterocycles. The van der Waals surface area contributed by atoms with Gasteiger partial charge in [0.25, 0.3) is 5.91 Å². The van der Waals surface area contributed by atoms with Crippen molar-refractivity contribution in [3.8, 4) is 5.69 Å². The van der Waals surface area contributed by atoms with E-state index in [9.17, 15) is 4.79 Å². The molecule has 2 heterocycles. The zero-order valence-electron chi connectivity index (χ0n) is 20.0. The molecule has 0 atom stereocenters. The zero-order valence-corrected chi connectivity index (χ0v) is 22.4. The molecule has 0 aliphatic carbocycles. The Balaban J connectivity index is 1.60. The molecule has 2 aromatic carbocycles. The minimum atomic E-state index is -0.299. The van der Waals surface area contributed by atoms with Gasteiger partial charge in [0, 0.05) is 27.3 Å². The van der Waals surface area contributed by atoms with Crippen molar-refractivity contribution < 1.29 is 4.79 Å². The van der Waals surface area contributed by atoms with Crippen molar-refractivity contribution in [2.75, 3.05) is 5.32 Å². The lowest BCUT2D eigenvalue weighted by molar-refractivity contribution is 0.102. The second kappa shape index (κ2) is 11.6. The quantitative estimate of drug-likeness (QED) is 0.194. The van der Waals surface area contributed by atoms with Crippen molar-refractivity contribution in [1.29, 1.82) is 0 Å². The summed E-state index contributed by atoms with van der Waals surface area (Å²) in [6.45, 7) is 6.07. The van der Waals surface area contributed by atoms with Gasteiger partial charge in [-0.1, -0.05) is 58.4 Å². The Kier molecular flexibility index (Phi) is 8.30. The fourth-order valence-electron chi connectivity index (χ4n) is 3.61. The second-order valence-corrected chi connectivity index (χ2v) is 10.1. The number of carbonyl (C=O) groups excluding carboxylic acids is 1. The van der Waals surface area contributed by atoms with Crippen molar-refractivity contribution in [2.45, 2.75) is 50.9 Å². The van der Waals surface area contributed by atoms with Crippen molar-refractivity contribution in [3.63, 3.8) is 0 Å². The van der Waals surface area contributed by atoms with Crippen LogP contribution in [0.3, 0.4) is 0 Å². The van der Waals surface area contributed by atoms with Crippen molar-refractivity contribution in [3.05, 3.63) is 87.4 Å². The Labute approximate surface area is 217 Å². The molecule has 0 saturated carbocycles. The number of benzene rings is 2. The van der Waals surface area contributed by atoms with Crippen LogP contribution in [0.5, 0.6) is 0 Å². The van der Waals surface area contributed by atoms with E-state index in [2.05, 4.69) is 60.6 Å². The number of aryl methyl sites for hydroxylation is 3. The predicted octanol–water partition coefficient (Wildman–Crippen LogP) is 6.32. The van der Waals surface area contributed by atoms with Crippen molar-refractivity contribution in [1.82, 2.24) is 25.0 Å². The molecule has 1 amide bonds. The number of carbonyl (C=O) groups is 1. The van der Waals surface area contributed by atoms with E-state index in [4.69, 9.17) is 0 Å². The minimum absolute atomic E-state index is 0.278. The molecule has 2 aromatic heterocycles. The van der Waals surface area contributed by atoms with Gasteiger partial charge in [-0.15, -0.1) is 5.10 Å². The zero-order chi connectivity index (χ0) is 24.8. The van der Waals surface area contributed by atoms with Gasteiger partial charge >= 0.3 is 0 Å². The first kappa shape index (κ1) is 25.1. The summed E-state index contributed by atoms with van der Waals surface area (Å²) in [6, 6.07) is 17.6. The molecule has 7 nitrogen and oxygen atoms in total. The summed E-state index contributed by atoms with van der Waals surface area (Å²) in [7, 11) is 0. The van der Waals surface area contributed by atoms with Crippen LogP contribution in [-0.2, 0) is 12.2 Å². The van der Waals surface area contributed by atoms with Crippen molar-refractivity contribution >= 4 is 39.3 Å². The molecule has 0 aliphatic rings. The lowest BCUT2D eigenvalue weighted by atomic mass is 10.1. The van der Waals surface area contributed by atoms with E-state index in [1.54, 1.807) is 4.68 Å². The molecule has 0 unspecified atom stereocenters. The number of nitrogens with one attached hydrogen (secondary N) is 1. The molecule has 0 spiro atoms. The Morgan fingerprint density at radius 3 is 2.37 bits per heavy atom. The molecule has 4 aromatic rings. The largest absolute Gasteiger partial charge is 0.321 e. The van der Waals surface area contributed by atoms with Crippen LogP contribution in [-0.4, -0.2) is 30.9 Å². The fraction of sp³-hybridized carbons (Fsp3) is 0.269. The van der Waals surface area contributed by atoms with Crippen LogP contribution < -0.4 is 5.32 Å². The van der Waals surface area contributed by atoms with Gasteiger partial charge in [-0.2, -0.15) is 0 Å². The van der Waals surface area contributed by atoms with Crippen LogP contribution >= 0.6 is 27.7 Å². The molecule has 4 rings (SSSR count). The number of rotatable bonds is 9. The van der Waals surface area contributed by atoms with Gasteiger partial charge in [0.05, 0.1) is 11.4 Å². The lowest BCUT2D eigenvalue weighted by Gasteiger charge is -2.09. The monoisotopic (exact) mass is 550 g/mol. The average molecular weight is 552 g/mol. The smallest absolute Gasteiger partial charge is 0.278 e. The molecule has 9 heteroatoms. The van der Waals surface area contributed by atoms with Gasteiger partial charge in [0.15, 0.2) is 10.9 Å². The summed E-state index contributed by atoms with van der Waals surface area (Å²) in [6.07, 6.45) is 3.34. The molecule has 180 valence electrons. The molecule has 0 radical (unpaired) electrons.